The van der Waals surface area contributed by atoms with E-state index in [1.807, 2.05) is 0 Å². The van der Waals surface area contributed by atoms with Crippen LogP contribution < -0.4 is 5.73 Å². The van der Waals surface area contributed by atoms with Crippen molar-refractivity contribution in [2.45, 2.75) is 43.0 Å². The molecule has 0 saturated carbocycles. The Morgan fingerprint density at radius 1 is 1.35 bits per heavy atom. The SMILES string of the molecule is CCC(N)C(C)(CCO)c1ccc(SC)cc1. The minimum Gasteiger partial charge on any atom is -0.396 e. The summed E-state index contributed by atoms with van der Waals surface area (Å²) in [6.45, 7) is 4.41. The summed E-state index contributed by atoms with van der Waals surface area (Å²) in [5.74, 6) is 0. The van der Waals surface area contributed by atoms with E-state index >= 15 is 0 Å². The average Bonchev–Trinajstić information content (AvgIpc) is 2.38. The largest absolute Gasteiger partial charge is 0.396 e. The van der Waals surface area contributed by atoms with Gasteiger partial charge < -0.3 is 10.8 Å². The fourth-order valence-corrected chi connectivity index (χ4v) is 2.61. The summed E-state index contributed by atoms with van der Waals surface area (Å²) < 4.78 is 0. The van der Waals surface area contributed by atoms with E-state index in [4.69, 9.17) is 5.73 Å². The number of hydrogen-bond acceptors (Lipinski definition) is 3. The molecule has 2 nitrogen and oxygen atoms in total. The molecule has 0 radical (unpaired) electrons. The van der Waals surface area contributed by atoms with Crippen LogP contribution in [0.1, 0.15) is 32.3 Å². The Morgan fingerprint density at radius 3 is 2.35 bits per heavy atom. The molecule has 2 unspecified atom stereocenters. The number of hydrogen-bond donors (Lipinski definition) is 2. The summed E-state index contributed by atoms with van der Waals surface area (Å²) in [5, 5.41) is 9.25. The molecule has 1 aromatic carbocycles. The predicted molar refractivity (Wildman–Crippen MR) is 75.5 cm³/mol. The van der Waals surface area contributed by atoms with Gasteiger partial charge in [0.25, 0.3) is 0 Å². The molecule has 96 valence electrons. The average molecular weight is 253 g/mol. The van der Waals surface area contributed by atoms with Crippen molar-refractivity contribution in [3.8, 4) is 0 Å². The van der Waals surface area contributed by atoms with E-state index < -0.39 is 0 Å². The predicted octanol–water partition coefficient (Wildman–Crippen LogP) is 2.79. The second kappa shape index (κ2) is 6.43. The molecule has 0 aliphatic rings. The van der Waals surface area contributed by atoms with Crippen molar-refractivity contribution < 1.29 is 5.11 Å². The van der Waals surface area contributed by atoms with Crippen LogP contribution in [0.2, 0.25) is 0 Å². The molecule has 1 rings (SSSR count). The summed E-state index contributed by atoms with van der Waals surface area (Å²) in [6.07, 6.45) is 3.70. The van der Waals surface area contributed by atoms with Gasteiger partial charge in [-0.3, -0.25) is 0 Å². The number of thioether (sulfide) groups is 1. The highest BCUT2D eigenvalue weighted by Gasteiger charge is 2.31. The van der Waals surface area contributed by atoms with Gasteiger partial charge in [-0.05, 0) is 36.8 Å². The first-order valence-corrected chi connectivity index (χ1v) is 7.32. The van der Waals surface area contributed by atoms with Gasteiger partial charge in [-0.25, -0.2) is 0 Å². The van der Waals surface area contributed by atoms with Crippen LogP contribution in [0.4, 0.5) is 0 Å². The fourth-order valence-electron chi connectivity index (χ4n) is 2.20. The molecular formula is C14H23NOS. The summed E-state index contributed by atoms with van der Waals surface area (Å²) in [6, 6.07) is 8.60. The van der Waals surface area contributed by atoms with Crippen molar-refractivity contribution in [2.75, 3.05) is 12.9 Å². The molecule has 0 fully saturated rings. The zero-order chi connectivity index (χ0) is 12.9. The zero-order valence-corrected chi connectivity index (χ0v) is 11.8. The Bertz CT molecular complexity index is 339. The first-order valence-electron chi connectivity index (χ1n) is 6.09. The lowest BCUT2D eigenvalue weighted by molar-refractivity contribution is 0.223. The summed E-state index contributed by atoms with van der Waals surface area (Å²) >= 11 is 1.74. The smallest absolute Gasteiger partial charge is 0.0440 e. The minimum atomic E-state index is -0.138. The monoisotopic (exact) mass is 253 g/mol. The van der Waals surface area contributed by atoms with Gasteiger partial charge in [0.15, 0.2) is 0 Å². The van der Waals surface area contributed by atoms with Crippen LogP contribution in [-0.4, -0.2) is 24.0 Å². The molecule has 3 heteroatoms. The summed E-state index contributed by atoms with van der Waals surface area (Å²) in [5.41, 5.74) is 7.31. The molecule has 0 heterocycles. The quantitative estimate of drug-likeness (QED) is 0.766. The molecule has 0 spiro atoms. The van der Waals surface area contributed by atoms with Gasteiger partial charge >= 0.3 is 0 Å². The van der Waals surface area contributed by atoms with Crippen LogP contribution in [0.25, 0.3) is 0 Å². The second-order valence-electron chi connectivity index (χ2n) is 4.63. The summed E-state index contributed by atoms with van der Waals surface area (Å²) in [7, 11) is 0. The number of benzene rings is 1. The summed E-state index contributed by atoms with van der Waals surface area (Å²) in [4.78, 5) is 1.25. The van der Waals surface area contributed by atoms with Crippen molar-refractivity contribution in [1.82, 2.24) is 0 Å². The van der Waals surface area contributed by atoms with Crippen LogP contribution in [-0.2, 0) is 5.41 Å². The molecule has 3 N–H and O–H groups in total. The van der Waals surface area contributed by atoms with Crippen molar-refractivity contribution in [2.24, 2.45) is 5.73 Å². The Labute approximate surface area is 109 Å². The van der Waals surface area contributed by atoms with Crippen molar-refractivity contribution >= 4 is 11.8 Å². The van der Waals surface area contributed by atoms with Gasteiger partial charge in [-0.2, -0.15) is 0 Å². The lowest BCUT2D eigenvalue weighted by atomic mass is 9.73. The Kier molecular flexibility index (Phi) is 5.50. The van der Waals surface area contributed by atoms with E-state index in [-0.39, 0.29) is 18.1 Å². The third kappa shape index (κ3) is 3.24. The van der Waals surface area contributed by atoms with E-state index in [2.05, 4.69) is 44.4 Å². The highest BCUT2D eigenvalue weighted by molar-refractivity contribution is 7.98. The molecule has 0 aromatic heterocycles. The van der Waals surface area contributed by atoms with Gasteiger partial charge in [-0.1, -0.05) is 26.0 Å². The number of aliphatic hydroxyl groups excluding tert-OH is 1. The van der Waals surface area contributed by atoms with Gasteiger partial charge in [0.05, 0.1) is 0 Å². The third-order valence-electron chi connectivity index (χ3n) is 3.64. The van der Waals surface area contributed by atoms with Gasteiger partial charge in [0.2, 0.25) is 0 Å². The van der Waals surface area contributed by atoms with Crippen LogP contribution in [0.15, 0.2) is 29.2 Å². The molecule has 2 atom stereocenters. The Hall–Kier alpha value is -0.510. The topological polar surface area (TPSA) is 46.2 Å². The molecule has 0 amide bonds. The maximum atomic E-state index is 9.25. The Balaban J connectivity index is 3.03. The Morgan fingerprint density at radius 2 is 1.94 bits per heavy atom. The van der Waals surface area contributed by atoms with Gasteiger partial charge in [-0.15, -0.1) is 11.8 Å². The van der Waals surface area contributed by atoms with Crippen molar-refractivity contribution in [3.05, 3.63) is 29.8 Å². The van der Waals surface area contributed by atoms with E-state index in [1.54, 1.807) is 11.8 Å². The minimum absolute atomic E-state index is 0.0785. The molecule has 0 aliphatic heterocycles. The van der Waals surface area contributed by atoms with Crippen LogP contribution in [0, 0.1) is 0 Å². The highest BCUT2D eigenvalue weighted by atomic mass is 32.2. The zero-order valence-electron chi connectivity index (χ0n) is 10.9. The van der Waals surface area contributed by atoms with E-state index in [0.29, 0.717) is 6.42 Å². The molecule has 1 aromatic rings. The second-order valence-corrected chi connectivity index (χ2v) is 5.51. The van der Waals surface area contributed by atoms with Crippen LogP contribution in [0.5, 0.6) is 0 Å². The van der Waals surface area contributed by atoms with E-state index in [1.165, 1.54) is 10.5 Å². The first-order chi connectivity index (χ1) is 8.08. The maximum Gasteiger partial charge on any atom is 0.0440 e. The molecule has 0 saturated heterocycles. The van der Waals surface area contributed by atoms with E-state index in [0.717, 1.165) is 6.42 Å². The number of aliphatic hydroxyl groups is 1. The lowest BCUT2D eigenvalue weighted by Crippen LogP contribution is -2.43. The highest BCUT2D eigenvalue weighted by Crippen LogP contribution is 2.32. The maximum absolute atomic E-state index is 9.25. The third-order valence-corrected chi connectivity index (χ3v) is 4.38. The standard InChI is InChI=1S/C14H23NOS/c1-4-13(15)14(2,9-10-16)11-5-7-12(17-3)8-6-11/h5-8,13,16H,4,9-10,15H2,1-3H3. The van der Waals surface area contributed by atoms with Crippen LogP contribution in [0.3, 0.4) is 0 Å². The molecular weight excluding hydrogens is 230 g/mol. The lowest BCUT2D eigenvalue weighted by Gasteiger charge is -2.35. The number of rotatable bonds is 6. The van der Waals surface area contributed by atoms with E-state index in [9.17, 15) is 5.11 Å². The normalized spacial score (nSPS) is 16.5. The van der Waals surface area contributed by atoms with Gasteiger partial charge in [0.1, 0.15) is 0 Å². The van der Waals surface area contributed by atoms with Crippen molar-refractivity contribution in [3.63, 3.8) is 0 Å². The fraction of sp³-hybridized carbons (Fsp3) is 0.571. The number of nitrogens with two attached hydrogens (primary N) is 1. The molecule has 0 bridgehead atoms. The molecule has 0 aliphatic carbocycles. The van der Waals surface area contributed by atoms with Crippen molar-refractivity contribution in [1.29, 1.82) is 0 Å². The first kappa shape index (κ1) is 14.6. The van der Waals surface area contributed by atoms with Crippen LogP contribution >= 0.6 is 11.8 Å². The van der Waals surface area contributed by atoms with Gasteiger partial charge in [0, 0.05) is 23.0 Å². The molecule has 17 heavy (non-hydrogen) atoms.